The highest BCUT2D eigenvalue weighted by atomic mass is 32.2. The van der Waals surface area contributed by atoms with Crippen molar-refractivity contribution >= 4 is 39.7 Å². The van der Waals surface area contributed by atoms with Crippen molar-refractivity contribution in [3.63, 3.8) is 0 Å². The maximum absolute atomic E-state index is 14.0. The Morgan fingerprint density at radius 3 is 2.47 bits per heavy atom. The van der Waals surface area contributed by atoms with Crippen molar-refractivity contribution in [1.29, 1.82) is 0 Å². The summed E-state index contributed by atoms with van der Waals surface area (Å²) in [6.07, 6.45) is 0.404. The first-order valence-electron chi connectivity index (χ1n) is 11.7. The standard InChI is InChI=1S/C28H31FN2O4S/c1-27(2,3)36-31-20(15-28(4,5)26(32)33)11-18-12-21(9-10-24(18)31)35-16-19-8-7-17-13-22(29)25(34-6)14-23(17)30-19/h7-14H,15-16H2,1-6H3,(H,32,33). The fourth-order valence-corrected chi connectivity index (χ4v) is 4.96. The first-order chi connectivity index (χ1) is 16.9. The number of carbonyl (C=O) groups is 1. The van der Waals surface area contributed by atoms with Crippen LogP contribution in [0.25, 0.3) is 21.8 Å². The molecule has 0 atom stereocenters. The summed E-state index contributed by atoms with van der Waals surface area (Å²) in [5, 5.41) is 11.3. The number of fused-ring (bicyclic) bond motifs is 2. The highest BCUT2D eigenvalue weighted by Gasteiger charge is 2.30. The molecule has 2 aromatic heterocycles. The lowest BCUT2D eigenvalue weighted by Gasteiger charge is -2.24. The van der Waals surface area contributed by atoms with Gasteiger partial charge in [-0.3, -0.25) is 8.77 Å². The summed E-state index contributed by atoms with van der Waals surface area (Å²) < 4.78 is 27.1. The van der Waals surface area contributed by atoms with Gasteiger partial charge in [0.1, 0.15) is 12.4 Å². The molecule has 0 spiro atoms. The number of rotatable bonds is 8. The van der Waals surface area contributed by atoms with Gasteiger partial charge in [0.15, 0.2) is 11.6 Å². The number of halogens is 1. The Labute approximate surface area is 214 Å². The number of pyridine rings is 1. The highest BCUT2D eigenvalue weighted by molar-refractivity contribution is 7.99. The van der Waals surface area contributed by atoms with Crippen molar-refractivity contribution in [1.82, 2.24) is 8.96 Å². The van der Waals surface area contributed by atoms with E-state index in [9.17, 15) is 14.3 Å². The van der Waals surface area contributed by atoms with Crippen molar-refractivity contribution in [2.75, 3.05) is 7.11 Å². The molecule has 0 amide bonds. The lowest BCUT2D eigenvalue weighted by Crippen LogP contribution is -2.27. The number of aromatic nitrogens is 2. The second-order valence-corrected chi connectivity index (χ2v) is 12.3. The van der Waals surface area contributed by atoms with E-state index in [-0.39, 0.29) is 17.1 Å². The quantitative estimate of drug-likeness (QED) is 0.279. The zero-order valence-electron chi connectivity index (χ0n) is 21.4. The van der Waals surface area contributed by atoms with E-state index in [1.54, 1.807) is 31.9 Å². The van der Waals surface area contributed by atoms with Gasteiger partial charge in [-0.15, -0.1) is 0 Å². The molecule has 0 aliphatic heterocycles. The van der Waals surface area contributed by atoms with Crippen LogP contribution in [0.15, 0.2) is 48.5 Å². The molecule has 190 valence electrons. The Morgan fingerprint density at radius 1 is 1.06 bits per heavy atom. The van der Waals surface area contributed by atoms with Gasteiger partial charge in [0.05, 0.1) is 29.3 Å². The van der Waals surface area contributed by atoms with Crippen LogP contribution in [0.5, 0.6) is 11.5 Å². The predicted octanol–water partition coefficient (Wildman–Crippen LogP) is 6.86. The van der Waals surface area contributed by atoms with Gasteiger partial charge in [-0.2, -0.15) is 0 Å². The number of nitrogens with zero attached hydrogens (tertiary/aromatic N) is 2. The van der Waals surface area contributed by atoms with E-state index in [4.69, 9.17) is 9.47 Å². The first-order valence-corrected chi connectivity index (χ1v) is 12.5. The molecule has 4 aromatic rings. The van der Waals surface area contributed by atoms with Gasteiger partial charge in [0, 0.05) is 33.7 Å². The average molecular weight is 511 g/mol. The Balaban J connectivity index is 1.61. The van der Waals surface area contributed by atoms with Gasteiger partial charge in [-0.1, -0.05) is 6.07 Å². The summed E-state index contributed by atoms with van der Waals surface area (Å²) in [7, 11) is 1.43. The van der Waals surface area contributed by atoms with E-state index in [0.717, 1.165) is 16.6 Å². The van der Waals surface area contributed by atoms with Crippen LogP contribution in [0.2, 0.25) is 0 Å². The van der Waals surface area contributed by atoms with Gasteiger partial charge in [-0.25, -0.2) is 9.37 Å². The summed E-state index contributed by atoms with van der Waals surface area (Å²) in [6.45, 7) is 10.1. The number of hydrogen-bond donors (Lipinski definition) is 1. The van der Waals surface area contributed by atoms with E-state index in [2.05, 4.69) is 29.7 Å². The Morgan fingerprint density at radius 2 is 1.81 bits per heavy atom. The maximum atomic E-state index is 14.0. The number of methoxy groups -OCH3 is 1. The van der Waals surface area contributed by atoms with Gasteiger partial charge in [0.2, 0.25) is 0 Å². The van der Waals surface area contributed by atoms with E-state index < -0.39 is 17.2 Å². The Bertz CT molecular complexity index is 1440. The monoisotopic (exact) mass is 510 g/mol. The normalized spacial score (nSPS) is 12.3. The molecule has 2 heterocycles. The van der Waals surface area contributed by atoms with Crippen molar-refractivity contribution < 1.29 is 23.8 Å². The minimum Gasteiger partial charge on any atom is -0.494 e. The molecule has 6 nitrogen and oxygen atoms in total. The maximum Gasteiger partial charge on any atom is 0.309 e. The molecule has 0 unspecified atom stereocenters. The Hall–Kier alpha value is -3.26. The third-order valence-corrected chi connectivity index (χ3v) is 6.94. The minimum absolute atomic E-state index is 0.0589. The third kappa shape index (κ3) is 5.59. The lowest BCUT2D eigenvalue weighted by molar-refractivity contribution is -0.146. The molecule has 0 aliphatic rings. The van der Waals surface area contributed by atoms with Crippen molar-refractivity contribution in [3.8, 4) is 11.5 Å². The zero-order valence-corrected chi connectivity index (χ0v) is 22.2. The van der Waals surface area contributed by atoms with Crippen molar-refractivity contribution in [2.45, 2.75) is 52.4 Å². The molecule has 4 rings (SSSR count). The highest BCUT2D eigenvalue weighted by Crippen LogP contribution is 2.36. The molecular formula is C28H31FN2O4S. The molecule has 2 aromatic carbocycles. The smallest absolute Gasteiger partial charge is 0.309 e. The fraction of sp³-hybridized carbons (Fsp3) is 0.357. The molecule has 0 saturated carbocycles. The molecule has 36 heavy (non-hydrogen) atoms. The van der Waals surface area contributed by atoms with Crippen LogP contribution in [0.3, 0.4) is 0 Å². The first kappa shape index (κ1) is 25.8. The molecule has 8 heteroatoms. The van der Waals surface area contributed by atoms with Crippen molar-refractivity contribution in [3.05, 3.63) is 65.7 Å². The van der Waals surface area contributed by atoms with Crippen LogP contribution >= 0.6 is 11.9 Å². The van der Waals surface area contributed by atoms with Gasteiger partial charge in [-0.05, 0) is 83.0 Å². The molecular weight excluding hydrogens is 479 g/mol. The molecule has 0 radical (unpaired) electrons. The van der Waals surface area contributed by atoms with Crippen LogP contribution in [0.4, 0.5) is 4.39 Å². The van der Waals surface area contributed by atoms with Crippen LogP contribution in [0, 0.1) is 11.2 Å². The van der Waals surface area contributed by atoms with Crippen molar-refractivity contribution in [2.24, 2.45) is 5.41 Å². The predicted molar refractivity (Wildman–Crippen MR) is 142 cm³/mol. The second kappa shape index (κ2) is 9.65. The molecule has 1 N–H and O–H groups in total. The van der Waals surface area contributed by atoms with E-state index in [1.807, 2.05) is 36.4 Å². The summed E-state index contributed by atoms with van der Waals surface area (Å²) >= 11 is 1.67. The van der Waals surface area contributed by atoms with Gasteiger partial charge in [0.25, 0.3) is 0 Å². The van der Waals surface area contributed by atoms with Crippen LogP contribution in [-0.2, 0) is 17.8 Å². The summed E-state index contributed by atoms with van der Waals surface area (Å²) in [5.41, 5.74) is 2.41. The number of benzene rings is 2. The molecule has 0 aliphatic carbocycles. The Kier molecular flexibility index (Phi) is 6.92. The third-order valence-electron chi connectivity index (χ3n) is 5.78. The summed E-state index contributed by atoms with van der Waals surface area (Å²) in [5.74, 6) is -0.416. The summed E-state index contributed by atoms with van der Waals surface area (Å²) in [4.78, 5) is 16.4. The number of carboxylic acids is 1. The number of ether oxygens (including phenoxy) is 2. The van der Waals surface area contributed by atoms with Gasteiger partial charge >= 0.3 is 5.97 Å². The molecule has 0 saturated heterocycles. The number of hydrogen-bond acceptors (Lipinski definition) is 5. The SMILES string of the molecule is COc1cc2nc(COc3ccc4c(c3)cc(CC(C)(C)C(=O)O)n4SC(C)(C)C)ccc2cc1F. The largest absolute Gasteiger partial charge is 0.494 e. The average Bonchev–Trinajstić information content (AvgIpc) is 3.11. The second-order valence-electron chi connectivity index (χ2n) is 10.5. The topological polar surface area (TPSA) is 73.6 Å². The molecule has 0 fully saturated rings. The van der Waals surface area contributed by atoms with E-state index in [0.29, 0.717) is 28.8 Å². The number of aliphatic carboxylic acids is 1. The van der Waals surface area contributed by atoms with E-state index in [1.165, 1.54) is 13.2 Å². The molecule has 0 bridgehead atoms. The van der Waals surface area contributed by atoms with Crippen LogP contribution in [0.1, 0.15) is 46.0 Å². The van der Waals surface area contributed by atoms with Gasteiger partial charge < -0.3 is 14.6 Å². The zero-order chi connectivity index (χ0) is 26.3. The van der Waals surface area contributed by atoms with E-state index >= 15 is 0 Å². The lowest BCUT2D eigenvalue weighted by atomic mass is 9.88. The fourth-order valence-electron chi connectivity index (χ4n) is 3.91. The number of carboxylic acid groups (broad SMARTS) is 1. The summed E-state index contributed by atoms with van der Waals surface area (Å²) in [6, 6.07) is 14.5. The van der Waals surface area contributed by atoms with Crippen LogP contribution < -0.4 is 9.47 Å². The van der Waals surface area contributed by atoms with Crippen LogP contribution in [-0.4, -0.2) is 31.9 Å². The minimum atomic E-state index is -0.892.